The molecular formula is C10H14O. The summed E-state index contributed by atoms with van der Waals surface area (Å²) in [7, 11) is 0. The van der Waals surface area contributed by atoms with Crippen LogP contribution in [0.4, 0.5) is 0 Å². The molecule has 0 saturated heterocycles. The van der Waals surface area contributed by atoms with Crippen LogP contribution in [0, 0.1) is 0 Å². The number of aliphatic hydroxyl groups excluding tert-OH is 1. The van der Waals surface area contributed by atoms with Crippen molar-refractivity contribution in [3.05, 3.63) is 36.0 Å². The minimum absolute atomic E-state index is 0.332. The molecule has 0 aromatic heterocycles. The van der Waals surface area contributed by atoms with E-state index in [-0.39, 0.29) is 6.10 Å². The van der Waals surface area contributed by atoms with Crippen LogP contribution in [0.1, 0.15) is 19.8 Å². The minimum Gasteiger partial charge on any atom is -0.389 e. The molecule has 0 aliphatic heterocycles. The van der Waals surface area contributed by atoms with Gasteiger partial charge in [-0.2, -0.15) is 0 Å². The van der Waals surface area contributed by atoms with Gasteiger partial charge in [0, 0.05) is 0 Å². The number of rotatable bonds is 2. The molecule has 0 amide bonds. The van der Waals surface area contributed by atoms with Crippen LogP contribution in [-0.2, 0) is 0 Å². The summed E-state index contributed by atoms with van der Waals surface area (Å²) in [5.74, 6) is 0. The molecule has 60 valence electrons. The summed E-state index contributed by atoms with van der Waals surface area (Å²) < 4.78 is 0. The zero-order valence-corrected chi connectivity index (χ0v) is 6.83. The van der Waals surface area contributed by atoms with E-state index in [1.54, 1.807) is 6.92 Å². The Kier molecular flexibility index (Phi) is 3.12. The second kappa shape index (κ2) is 4.14. The Hall–Kier alpha value is -0.820. The fraction of sp³-hybridized carbons (Fsp3) is 0.400. The molecule has 1 unspecified atom stereocenters. The lowest BCUT2D eigenvalue weighted by molar-refractivity contribution is 0.244. The van der Waals surface area contributed by atoms with Crippen molar-refractivity contribution in [3.63, 3.8) is 0 Å². The molecule has 0 bridgehead atoms. The van der Waals surface area contributed by atoms with Gasteiger partial charge in [0.1, 0.15) is 0 Å². The van der Waals surface area contributed by atoms with Gasteiger partial charge in [-0.05, 0) is 25.3 Å². The predicted molar refractivity (Wildman–Crippen MR) is 47.3 cm³/mol. The highest BCUT2D eigenvalue weighted by Crippen LogP contribution is 2.12. The number of aliphatic hydroxyl groups is 1. The largest absolute Gasteiger partial charge is 0.389 e. The molecule has 1 aliphatic carbocycles. The van der Waals surface area contributed by atoms with Crippen molar-refractivity contribution in [2.75, 3.05) is 0 Å². The van der Waals surface area contributed by atoms with E-state index < -0.39 is 0 Å². The highest BCUT2D eigenvalue weighted by atomic mass is 16.3. The third kappa shape index (κ3) is 3.19. The van der Waals surface area contributed by atoms with E-state index in [0.717, 1.165) is 12.8 Å². The van der Waals surface area contributed by atoms with Crippen LogP contribution in [-0.4, -0.2) is 11.2 Å². The Labute approximate surface area is 67.7 Å². The molecule has 1 N–H and O–H groups in total. The Morgan fingerprint density at radius 3 is 3.00 bits per heavy atom. The van der Waals surface area contributed by atoms with Crippen molar-refractivity contribution >= 4 is 0 Å². The number of hydrogen-bond acceptors (Lipinski definition) is 1. The molecule has 1 atom stereocenters. The maximum atomic E-state index is 8.95. The molecule has 0 aromatic carbocycles. The molecule has 0 aromatic rings. The van der Waals surface area contributed by atoms with Crippen LogP contribution in [0.25, 0.3) is 0 Å². The van der Waals surface area contributed by atoms with Crippen molar-refractivity contribution in [1.29, 1.82) is 0 Å². The molecule has 0 radical (unpaired) electrons. The van der Waals surface area contributed by atoms with Gasteiger partial charge in [-0.25, -0.2) is 0 Å². The van der Waals surface area contributed by atoms with Crippen LogP contribution in [0.5, 0.6) is 0 Å². The van der Waals surface area contributed by atoms with E-state index in [0.29, 0.717) is 0 Å². The van der Waals surface area contributed by atoms with E-state index in [1.807, 2.05) is 12.2 Å². The highest BCUT2D eigenvalue weighted by molar-refractivity contribution is 5.27. The third-order valence-corrected chi connectivity index (χ3v) is 1.63. The maximum Gasteiger partial charge on any atom is 0.0695 e. The first-order valence-electron chi connectivity index (χ1n) is 4.01. The standard InChI is InChI=1S/C10H14O/c1-9(11)7-8-10-5-3-2-4-6-10/h2-3,5,7-9,11H,4,6H2,1H3/b8-7-. The summed E-state index contributed by atoms with van der Waals surface area (Å²) in [6, 6.07) is 0. The van der Waals surface area contributed by atoms with Gasteiger partial charge in [0.2, 0.25) is 0 Å². The SMILES string of the molecule is CC(O)/C=C\C1=CC=CCC1. The fourth-order valence-corrected chi connectivity index (χ4v) is 1.02. The van der Waals surface area contributed by atoms with E-state index in [1.165, 1.54) is 5.57 Å². The Morgan fingerprint density at radius 2 is 2.45 bits per heavy atom. The van der Waals surface area contributed by atoms with Crippen LogP contribution < -0.4 is 0 Å². The van der Waals surface area contributed by atoms with Gasteiger partial charge >= 0.3 is 0 Å². The van der Waals surface area contributed by atoms with Gasteiger partial charge in [-0.3, -0.25) is 0 Å². The van der Waals surface area contributed by atoms with E-state index >= 15 is 0 Å². The normalized spacial score (nSPS) is 20.4. The maximum absolute atomic E-state index is 8.95. The summed E-state index contributed by atoms with van der Waals surface area (Å²) in [6.45, 7) is 1.76. The monoisotopic (exact) mass is 150 g/mol. The molecular weight excluding hydrogens is 136 g/mol. The highest BCUT2D eigenvalue weighted by Gasteiger charge is 1.94. The van der Waals surface area contributed by atoms with Crippen molar-refractivity contribution in [3.8, 4) is 0 Å². The number of hydrogen-bond donors (Lipinski definition) is 1. The quantitative estimate of drug-likeness (QED) is 0.639. The average Bonchev–Trinajstić information content (AvgIpc) is 2.03. The molecule has 0 heterocycles. The molecule has 1 rings (SSSR count). The van der Waals surface area contributed by atoms with Crippen molar-refractivity contribution in [1.82, 2.24) is 0 Å². The number of allylic oxidation sites excluding steroid dienone is 5. The summed E-state index contributed by atoms with van der Waals surface area (Å²) in [6.07, 6.45) is 12.0. The topological polar surface area (TPSA) is 20.2 Å². The second-order valence-corrected chi connectivity index (χ2v) is 2.81. The fourth-order valence-electron chi connectivity index (χ4n) is 1.02. The van der Waals surface area contributed by atoms with Gasteiger partial charge in [0.05, 0.1) is 6.10 Å². The van der Waals surface area contributed by atoms with Crippen LogP contribution in [0.3, 0.4) is 0 Å². The second-order valence-electron chi connectivity index (χ2n) is 2.81. The Balaban J connectivity index is 2.48. The lowest BCUT2D eigenvalue weighted by Crippen LogP contribution is -1.92. The van der Waals surface area contributed by atoms with Crippen LogP contribution >= 0.6 is 0 Å². The van der Waals surface area contributed by atoms with Gasteiger partial charge in [0.25, 0.3) is 0 Å². The third-order valence-electron chi connectivity index (χ3n) is 1.63. The Bertz CT molecular complexity index is 197. The smallest absolute Gasteiger partial charge is 0.0695 e. The summed E-state index contributed by atoms with van der Waals surface area (Å²) >= 11 is 0. The Morgan fingerprint density at radius 1 is 1.64 bits per heavy atom. The molecule has 1 nitrogen and oxygen atoms in total. The molecule has 0 saturated carbocycles. The van der Waals surface area contributed by atoms with Gasteiger partial charge < -0.3 is 5.11 Å². The van der Waals surface area contributed by atoms with Crippen molar-refractivity contribution in [2.24, 2.45) is 0 Å². The molecule has 1 aliphatic rings. The zero-order valence-electron chi connectivity index (χ0n) is 6.83. The average molecular weight is 150 g/mol. The summed E-state index contributed by atoms with van der Waals surface area (Å²) in [4.78, 5) is 0. The lowest BCUT2D eigenvalue weighted by atomic mass is 10.0. The van der Waals surface area contributed by atoms with E-state index in [4.69, 9.17) is 5.11 Å². The molecule has 0 fully saturated rings. The van der Waals surface area contributed by atoms with E-state index in [2.05, 4.69) is 18.2 Å². The van der Waals surface area contributed by atoms with Crippen LogP contribution in [0.15, 0.2) is 36.0 Å². The van der Waals surface area contributed by atoms with Crippen molar-refractivity contribution < 1.29 is 5.11 Å². The predicted octanol–water partition coefficient (Wildman–Crippen LogP) is 2.20. The van der Waals surface area contributed by atoms with E-state index in [9.17, 15) is 0 Å². The molecule has 0 spiro atoms. The molecule has 11 heavy (non-hydrogen) atoms. The lowest BCUT2D eigenvalue weighted by Gasteiger charge is -2.03. The summed E-state index contributed by atoms with van der Waals surface area (Å²) in [5.41, 5.74) is 1.30. The van der Waals surface area contributed by atoms with Gasteiger partial charge in [-0.15, -0.1) is 0 Å². The van der Waals surface area contributed by atoms with Gasteiger partial charge in [-0.1, -0.05) is 30.4 Å². The van der Waals surface area contributed by atoms with Crippen molar-refractivity contribution in [2.45, 2.75) is 25.9 Å². The van der Waals surface area contributed by atoms with Gasteiger partial charge in [0.15, 0.2) is 0 Å². The molecule has 1 heteroatoms. The first kappa shape index (κ1) is 8.28. The zero-order chi connectivity index (χ0) is 8.10. The minimum atomic E-state index is -0.332. The van der Waals surface area contributed by atoms with Crippen LogP contribution in [0.2, 0.25) is 0 Å². The first-order chi connectivity index (χ1) is 5.29. The summed E-state index contributed by atoms with van der Waals surface area (Å²) in [5, 5.41) is 8.95. The first-order valence-corrected chi connectivity index (χ1v) is 4.01.